The van der Waals surface area contributed by atoms with Crippen molar-refractivity contribution in [2.75, 3.05) is 0 Å². The quantitative estimate of drug-likeness (QED) is 0.561. The van der Waals surface area contributed by atoms with Crippen molar-refractivity contribution in [3.63, 3.8) is 0 Å². The summed E-state index contributed by atoms with van der Waals surface area (Å²) >= 11 is 12.7. The van der Waals surface area contributed by atoms with Crippen molar-refractivity contribution in [1.82, 2.24) is 4.90 Å². The van der Waals surface area contributed by atoms with E-state index < -0.39 is 7.42 Å². The Morgan fingerprint density at radius 1 is 1.18 bits per heavy atom. The fourth-order valence-electron chi connectivity index (χ4n) is 3.82. The second kappa shape index (κ2) is 6.27. The van der Waals surface area contributed by atoms with Crippen LogP contribution < -0.4 is 0 Å². The summed E-state index contributed by atoms with van der Waals surface area (Å²) in [6.45, 7) is 4.64. The maximum atomic E-state index is 6.35. The predicted octanol–water partition coefficient (Wildman–Crippen LogP) is 4.05. The number of hydrogen-bond acceptors (Lipinski definition) is 1. The topological polar surface area (TPSA) is 3.24 Å². The highest BCUT2D eigenvalue weighted by Crippen LogP contribution is 2.40. The Bertz CT molecular complexity index is 250. The summed E-state index contributed by atoms with van der Waals surface area (Å²) in [5, 5.41) is 0. The van der Waals surface area contributed by atoms with E-state index >= 15 is 0 Å². The van der Waals surface area contributed by atoms with Crippen molar-refractivity contribution in [3.8, 4) is 0 Å². The fraction of sp³-hybridized carbons (Fsp3) is 1.00. The van der Waals surface area contributed by atoms with E-state index in [1.165, 1.54) is 44.9 Å². The molecule has 1 aliphatic heterocycles. The Hall–Kier alpha value is 0.757. The van der Waals surface area contributed by atoms with E-state index in [2.05, 4.69) is 18.7 Å². The van der Waals surface area contributed by atoms with Crippen LogP contribution in [0.15, 0.2) is 0 Å². The lowest BCUT2D eigenvalue weighted by Gasteiger charge is -2.51. The van der Waals surface area contributed by atoms with Crippen LogP contribution in [0.25, 0.3) is 0 Å². The van der Waals surface area contributed by atoms with Crippen LogP contribution in [0.4, 0.5) is 0 Å². The first kappa shape index (κ1) is 14.2. The molecule has 0 radical (unpaired) electrons. The van der Waals surface area contributed by atoms with Gasteiger partial charge in [-0.25, -0.2) is 0 Å². The summed E-state index contributed by atoms with van der Waals surface area (Å²) in [4.78, 5) is 2.73. The largest absolute Gasteiger partial charge is 0.295 e. The first-order valence-corrected chi connectivity index (χ1v) is 11.4. The third-order valence-electron chi connectivity index (χ3n) is 4.86. The Morgan fingerprint density at radius 3 is 2.53 bits per heavy atom. The molecular formula is C13H25Cl2NSi. The number of halogens is 2. The van der Waals surface area contributed by atoms with Gasteiger partial charge in [0.2, 0.25) is 0 Å². The molecule has 1 nitrogen and oxygen atoms in total. The second-order valence-corrected chi connectivity index (χ2v) is 10.7. The van der Waals surface area contributed by atoms with Crippen LogP contribution in [0.2, 0.25) is 0 Å². The minimum Gasteiger partial charge on any atom is -0.295 e. The molecule has 0 bridgehead atoms. The summed E-state index contributed by atoms with van der Waals surface area (Å²) in [5.74, 6) is 0.926. The van der Waals surface area contributed by atoms with Gasteiger partial charge in [0, 0.05) is 17.7 Å². The van der Waals surface area contributed by atoms with E-state index in [0.29, 0.717) is 11.7 Å². The van der Waals surface area contributed by atoms with Crippen LogP contribution in [0.3, 0.4) is 0 Å². The Kier molecular flexibility index (Phi) is 5.23. The Labute approximate surface area is 117 Å². The standard InChI is InChI=1S/C13H25Cl2NSi/c1-3-10(2)16-12-7-5-4-6-11(12)8-9-13(16)17(14)15/h10-13,17H,3-9H2,1-2H3. The molecule has 0 aromatic heterocycles. The van der Waals surface area contributed by atoms with Gasteiger partial charge in [0.05, 0.1) is 0 Å². The number of piperidine rings is 1. The molecule has 1 saturated carbocycles. The lowest BCUT2D eigenvalue weighted by Crippen LogP contribution is -2.58. The molecular weight excluding hydrogens is 269 g/mol. The van der Waals surface area contributed by atoms with Gasteiger partial charge in [-0.05, 0) is 44.9 Å². The molecule has 0 amide bonds. The maximum Gasteiger partial charge on any atom is 0.253 e. The van der Waals surface area contributed by atoms with Gasteiger partial charge in [0.25, 0.3) is 7.42 Å². The van der Waals surface area contributed by atoms with Crippen molar-refractivity contribution in [1.29, 1.82) is 0 Å². The number of fused-ring (bicyclic) bond motifs is 1. The van der Waals surface area contributed by atoms with Crippen molar-refractivity contribution >= 4 is 29.6 Å². The number of nitrogens with zero attached hydrogens (tertiary/aromatic N) is 1. The summed E-state index contributed by atoms with van der Waals surface area (Å²) in [6, 6.07) is 1.43. The molecule has 1 aliphatic carbocycles. The first-order chi connectivity index (χ1) is 8.15. The fourth-order valence-corrected chi connectivity index (χ4v) is 6.57. The predicted molar refractivity (Wildman–Crippen MR) is 79.2 cm³/mol. The van der Waals surface area contributed by atoms with Crippen LogP contribution in [0.5, 0.6) is 0 Å². The van der Waals surface area contributed by atoms with Gasteiger partial charge >= 0.3 is 0 Å². The lowest BCUT2D eigenvalue weighted by molar-refractivity contribution is 0.0135. The summed E-state index contributed by atoms with van der Waals surface area (Å²) in [5.41, 5.74) is 0.521. The molecule has 0 aromatic rings. The van der Waals surface area contributed by atoms with Crippen LogP contribution in [-0.2, 0) is 0 Å². The van der Waals surface area contributed by atoms with Crippen LogP contribution in [0.1, 0.15) is 58.8 Å². The van der Waals surface area contributed by atoms with Crippen LogP contribution in [0, 0.1) is 5.92 Å². The molecule has 4 atom stereocenters. The Balaban J connectivity index is 2.15. The smallest absolute Gasteiger partial charge is 0.253 e. The highest BCUT2D eigenvalue weighted by Gasteiger charge is 2.42. The zero-order chi connectivity index (χ0) is 12.4. The first-order valence-electron chi connectivity index (χ1n) is 7.20. The van der Waals surface area contributed by atoms with Crippen LogP contribution in [-0.4, -0.2) is 30.1 Å². The minimum atomic E-state index is -1.58. The zero-order valence-corrected chi connectivity index (χ0v) is 13.7. The highest BCUT2D eigenvalue weighted by atomic mass is 35.7. The van der Waals surface area contributed by atoms with Gasteiger partial charge in [-0.15, -0.1) is 22.2 Å². The third kappa shape index (κ3) is 3.02. The summed E-state index contributed by atoms with van der Waals surface area (Å²) < 4.78 is 0. The summed E-state index contributed by atoms with van der Waals surface area (Å²) in [6.07, 6.45) is 9.47. The summed E-state index contributed by atoms with van der Waals surface area (Å²) in [7, 11) is -1.58. The normalized spacial score (nSPS) is 36.9. The third-order valence-corrected chi connectivity index (χ3v) is 7.86. The van der Waals surface area contributed by atoms with Gasteiger partial charge < -0.3 is 0 Å². The van der Waals surface area contributed by atoms with E-state index in [1.54, 1.807) is 0 Å². The molecule has 0 aromatic carbocycles. The van der Waals surface area contributed by atoms with E-state index in [0.717, 1.165) is 12.0 Å². The highest BCUT2D eigenvalue weighted by molar-refractivity contribution is 7.34. The molecule has 2 rings (SSSR count). The lowest BCUT2D eigenvalue weighted by atomic mass is 9.77. The van der Waals surface area contributed by atoms with Gasteiger partial charge in [0.15, 0.2) is 0 Å². The van der Waals surface area contributed by atoms with Crippen molar-refractivity contribution in [2.24, 2.45) is 5.92 Å². The van der Waals surface area contributed by atoms with Crippen LogP contribution >= 0.6 is 22.2 Å². The van der Waals surface area contributed by atoms with E-state index in [9.17, 15) is 0 Å². The van der Waals surface area contributed by atoms with E-state index in [4.69, 9.17) is 22.2 Å². The van der Waals surface area contributed by atoms with Gasteiger partial charge in [-0.2, -0.15) is 0 Å². The molecule has 2 aliphatic rings. The molecule has 100 valence electrons. The molecule has 2 fully saturated rings. The number of likely N-dealkylation sites (tertiary alicyclic amines) is 1. The number of hydrogen-bond donors (Lipinski definition) is 0. The molecule has 1 saturated heterocycles. The monoisotopic (exact) mass is 293 g/mol. The molecule has 4 unspecified atom stereocenters. The van der Waals surface area contributed by atoms with Crippen molar-refractivity contribution < 1.29 is 0 Å². The average molecular weight is 294 g/mol. The van der Waals surface area contributed by atoms with Gasteiger partial charge in [-0.1, -0.05) is 19.8 Å². The second-order valence-electron chi connectivity index (χ2n) is 5.80. The average Bonchev–Trinajstić information content (AvgIpc) is 2.36. The van der Waals surface area contributed by atoms with E-state index in [1.807, 2.05) is 0 Å². The van der Waals surface area contributed by atoms with Crippen molar-refractivity contribution in [3.05, 3.63) is 0 Å². The van der Waals surface area contributed by atoms with Gasteiger partial charge in [-0.3, -0.25) is 4.90 Å². The number of rotatable bonds is 3. The molecule has 4 heteroatoms. The maximum absolute atomic E-state index is 6.35. The molecule has 0 N–H and O–H groups in total. The molecule has 0 spiro atoms. The SMILES string of the molecule is CCC(C)N1C2CCCCC2CCC1[SiH](Cl)Cl. The van der Waals surface area contributed by atoms with Gasteiger partial charge in [0.1, 0.15) is 0 Å². The molecule has 17 heavy (non-hydrogen) atoms. The molecule has 1 heterocycles. The minimum absolute atomic E-state index is 0.521. The Morgan fingerprint density at radius 2 is 1.88 bits per heavy atom. The zero-order valence-electron chi connectivity index (χ0n) is 11.0. The van der Waals surface area contributed by atoms with E-state index in [-0.39, 0.29) is 0 Å². The van der Waals surface area contributed by atoms with Crippen molar-refractivity contribution in [2.45, 2.75) is 76.5 Å².